The number of aromatic carboxylic acids is 1. The molecule has 1 saturated heterocycles. The lowest BCUT2D eigenvalue weighted by atomic mass is 10.1. The molecule has 8 heteroatoms. The average Bonchev–Trinajstić information content (AvgIpc) is 2.43. The Hall–Kier alpha value is -1.60. The maximum atomic E-state index is 11.8. The van der Waals surface area contributed by atoms with Gasteiger partial charge in [-0.25, -0.2) is 9.59 Å². The van der Waals surface area contributed by atoms with E-state index < -0.39 is 22.8 Å². The van der Waals surface area contributed by atoms with E-state index >= 15 is 0 Å². The predicted molar refractivity (Wildman–Crippen MR) is 81.5 cm³/mol. The van der Waals surface area contributed by atoms with E-state index in [0.29, 0.717) is 30.0 Å². The van der Waals surface area contributed by atoms with Gasteiger partial charge in [0.2, 0.25) is 0 Å². The van der Waals surface area contributed by atoms with Crippen LogP contribution < -0.4 is 10.6 Å². The summed E-state index contributed by atoms with van der Waals surface area (Å²) in [6.45, 7) is 0. The van der Waals surface area contributed by atoms with Gasteiger partial charge in [-0.2, -0.15) is 0 Å². The lowest BCUT2D eigenvalue weighted by Gasteiger charge is -2.22. The first-order valence-corrected chi connectivity index (χ1v) is 8.27. The summed E-state index contributed by atoms with van der Waals surface area (Å²) in [7, 11) is -0.776. The molecule has 0 atom stereocenters. The second kappa shape index (κ2) is 6.91. The molecule has 0 bridgehead atoms. The number of carboxylic acid groups (broad SMARTS) is 1. The number of amides is 2. The number of anilines is 1. The number of urea groups is 1. The van der Waals surface area contributed by atoms with Gasteiger partial charge in [0, 0.05) is 34.0 Å². The van der Waals surface area contributed by atoms with Crippen molar-refractivity contribution in [2.45, 2.75) is 18.9 Å². The van der Waals surface area contributed by atoms with Crippen molar-refractivity contribution >= 4 is 40.1 Å². The molecule has 0 aromatic heterocycles. The van der Waals surface area contributed by atoms with Gasteiger partial charge in [0.1, 0.15) is 0 Å². The maximum Gasteiger partial charge on any atom is 0.337 e. The molecule has 2 rings (SSSR count). The van der Waals surface area contributed by atoms with Crippen LogP contribution in [0.2, 0.25) is 5.02 Å². The zero-order chi connectivity index (χ0) is 15.4. The molecule has 2 amide bonds. The van der Waals surface area contributed by atoms with Crippen molar-refractivity contribution in [1.82, 2.24) is 5.32 Å². The summed E-state index contributed by atoms with van der Waals surface area (Å²) in [6, 6.07) is 3.84. The van der Waals surface area contributed by atoms with Crippen LogP contribution in [0, 0.1) is 0 Å². The minimum atomic E-state index is -1.15. The quantitative estimate of drug-likeness (QED) is 0.790. The van der Waals surface area contributed by atoms with Crippen LogP contribution in [-0.4, -0.2) is 38.9 Å². The molecule has 1 fully saturated rings. The standard InChI is InChI=1S/C13H15ClN2O4S/c14-11-2-1-9(7-10(11)12(17)18)16-13(19)15-8-3-5-21(20)6-4-8/h1-2,7-8H,3-6H2,(H,17,18)(H2,15,16,19). The van der Waals surface area contributed by atoms with Gasteiger partial charge in [-0.15, -0.1) is 0 Å². The third-order valence-electron chi connectivity index (χ3n) is 3.18. The Bertz CT molecular complexity index is 584. The zero-order valence-corrected chi connectivity index (χ0v) is 12.7. The molecule has 1 heterocycles. The summed E-state index contributed by atoms with van der Waals surface area (Å²) in [6.07, 6.45) is 1.36. The van der Waals surface area contributed by atoms with E-state index in [2.05, 4.69) is 10.6 Å². The molecule has 0 radical (unpaired) electrons. The Morgan fingerprint density at radius 2 is 1.95 bits per heavy atom. The summed E-state index contributed by atoms with van der Waals surface area (Å²) in [5.41, 5.74) is 0.288. The molecule has 1 aromatic rings. The molecule has 1 aromatic carbocycles. The van der Waals surface area contributed by atoms with Crippen molar-refractivity contribution < 1.29 is 18.9 Å². The predicted octanol–water partition coefficient (Wildman–Crippen LogP) is 2.07. The lowest BCUT2D eigenvalue weighted by molar-refractivity contribution is 0.0697. The van der Waals surface area contributed by atoms with Crippen LogP contribution in [0.5, 0.6) is 0 Å². The van der Waals surface area contributed by atoms with E-state index in [-0.39, 0.29) is 16.6 Å². The van der Waals surface area contributed by atoms with Crippen LogP contribution in [0.3, 0.4) is 0 Å². The number of rotatable bonds is 3. The van der Waals surface area contributed by atoms with Gasteiger partial charge >= 0.3 is 12.0 Å². The maximum absolute atomic E-state index is 11.8. The largest absolute Gasteiger partial charge is 0.478 e. The van der Waals surface area contributed by atoms with Crippen molar-refractivity contribution in [3.63, 3.8) is 0 Å². The van der Waals surface area contributed by atoms with Crippen molar-refractivity contribution in [1.29, 1.82) is 0 Å². The Morgan fingerprint density at radius 3 is 2.57 bits per heavy atom. The molecule has 0 saturated carbocycles. The Morgan fingerprint density at radius 1 is 1.29 bits per heavy atom. The molecule has 6 nitrogen and oxygen atoms in total. The number of hydrogen-bond acceptors (Lipinski definition) is 3. The third kappa shape index (κ3) is 4.44. The molecule has 21 heavy (non-hydrogen) atoms. The van der Waals surface area contributed by atoms with Crippen LogP contribution in [0.25, 0.3) is 0 Å². The summed E-state index contributed by atoms with van der Waals surface area (Å²) < 4.78 is 11.2. The second-order valence-corrected chi connectivity index (χ2v) is 6.82. The number of halogens is 1. The smallest absolute Gasteiger partial charge is 0.337 e. The van der Waals surface area contributed by atoms with Gasteiger partial charge in [0.05, 0.1) is 10.6 Å². The fourth-order valence-corrected chi connectivity index (χ4v) is 3.55. The van der Waals surface area contributed by atoms with Gasteiger partial charge < -0.3 is 15.7 Å². The Balaban J connectivity index is 1.95. The number of carbonyl (C=O) groups is 2. The van der Waals surface area contributed by atoms with Gasteiger partial charge in [0.15, 0.2) is 0 Å². The number of carboxylic acids is 1. The summed E-state index contributed by atoms with van der Waals surface area (Å²) in [5, 5.41) is 14.4. The highest BCUT2D eigenvalue weighted by Gasteiger charge is 2.19. The molecule has 3 N–H and O–H groups in total. The number of carbonyl (C=O) groups excluding carboxylic acids is 1. The van der Waals surface area contributed by atoms with E-state index in [0.717, 1.165) is 0 Å². The van der Waals surface area contributed by atoms with E-state index in [1.807, 2.05) is 0 Å². The fraction of sp³-hybridized carbons (Fsp3) is 0.385. The molecule has 114 valence electrons. The van der Waals surface area contributed by atoms with Crippen LogP contribution in [-0.2, 0) is 10.8 Å². The monoisotopic (exact) mass is 330 g/mol. The molecule has 1 aliphatic rings. The summed E-state index contributed by atoms with van der Waals surface area (Å²) in [5.74, 6) is 0.0308. The van der Waals surface area contributed by atoms with Crippen molar-refractivity contribution in [2.75, 3.05) is 16.8 Å². The summed E-state index contributed by atoms with van der Waals surface area (Å²) in [4.78, 5) is 22.8. The van der Waals surface area contributed by atoms with Gasteiger partial charge in [0.25, 0.3) is 0 Å². The van der Waals surface area contributed by atoms with E-state index in [9.17, 15) is 13.8 Å². The van der Waals surface area contributed by atoms with Gasteiger partial charge in [-0.3, -0.25) is 4.21 Å². The van der Waals surface area contributed by atoms with Crippen molar-refractivity contribution in [3.05, 3.63) is 28.8 Å². The first-order valence-electron chi connectivity index (χ1n) is 6.41. The Labute approximate surface area is 129 Å². The fourth-order valence-electron chi connectivity index (χ4n) is 2.06. The number of nitrogens with one attached hydrogen (secondary N) is 2. The van der Waals surface area contributed by atoms with Gasteiger partial charge in [-0.1, -0.05) is 11.6 Å². The second-order valence-electron chi connectivity index (χ2n) is 4.72. The average molecular weight is 331 g/mol. The highest BCUT2D eigenvalue weighted by atomic mass is 35.5. The van der Waals surface area contributed by atoms with Crippen LogP contribution in [0.4, 0.5) is 10.5 Å². The molecule has 1 aliphatic heterocycles. The lowest BCUT2D eigenvalue weighted by Crippen LogP contribution is -2.41. The summed E-state index contributed by atoms with van der Waals surface area (Å²) >= 11 is 5.76. The SMILES string of the molecule is O=C(Nc1ccc(Cl)c(C(=O)O)c1)NC1CCS(=O)CC1. The van der Waals surface area contributed by atoms with E-state index in [1.54, 1.807) is 0 Å². The van der Waals surface area contributed by atoms with Crippen molar-refractivity contribution in [2.24, 2.45) is 0 Å². The molecule has 0 aliphatic carbocycles. The minimum absolute atomic E-state index is 0.00561. The first-order chi connectivity index (χ1) is 9.95. The number of hydrogen-bond donors (Lipinski definition) is 3. The van der Waals surface area contributed by atoms with Crippen molar-refractivity contribution in [3.8, 4) is 0 Å². The molecular weight excluding hydrogens is 316 g/mol. The van der Waals surface area contributed by atoms with Crippen LogP contribution in [0.1, 0.15) is 23.2 Å². The minimum Gasteiger partial charge on any atom is -0.478 e. The highest BCUT2D eigenvalue weighted by molar-refractivity contribution is 7.85. The topological polar surface area (TPSA) is 95.5 Å². The molecular formula is C13H15ClN2O4S. The normalized spacial score (nSPS) is 21.6. The highest BCUT2D eigenvalue weighted by Crippen LogP contribution is 2.20. The van der Waals surface area contributed by atoms with Crippen LogP contribution >= 0.6 is 11.6 Å². The molecule has 0 spiro atoms. The molecule has 0 unspecified atom stereocenters. The van der Waals surface area contributed by atoms with E-state index in [1.165, 1.54) is 18.2 Å². The number of benzene rings is 1. The third-order valence-corrected chi connectivity index (χ3v) is 4.89. The van der Waals surface area contributed by atoms with Crippen LogP contribution in [0.15, 0.2) is 18.2 Å². The van der Waals surface area contributed by atoms with E-state index in [4.69, 9.17) is 16.7 Å². The Kier molecular flexibility index (Phi) is 5.19. The first kappa shape index (κ1) is 15.8. The zero-order valence-electron chi connectivity index (χ0n) is 11.1. The van der Waals surface area contributed by atoms with Gasteiger partial charge in [-0.05, 0) is 31.0 Å².